The van der Waals surface area contributed by atoms with Crippen molar-refractivity contribution in [3.05, 3.63) is 69.7 Å². The molecule has 150 valence electrons. The molecule has 0 spiro atoms. The first-order valence-corrected chi connectivity index (χ1v) is 11.0. The Balaban J connectivity index is 1.53. The second-order valence-corrected chi connectivity index (χ2v) is 8.44. The number of rotatable bonds is 4. The van der Waals surface area contributed by atoms with E-state index in [1.807, 2.05) is 54.6 Å². The molecular weight excluding hydrogens is 450 g/mol. The summed E-state index contributed by atoms with van der Waals surface area (Å²) in [6.07, 6.45) is 0. The predicted molar refractivity (Wildman–Crippen MR) is 125 cm³/mol. The molecule has 0 unspecified atom stereocenters. The van der Waals surface area contributed by atoms with Gasteiger partial charge in [0.2, 0.25) is 0 Å². The lowest BCUT2D eigenvalue weighted by molar-refractivity contribution is 0.102. The molecule has 0 atom stereocenters. The Labute approximate surface area is 184 Å². The fraction of sp³-hybridized carbons (Fsp3) is 0.261. The average molecular weight is 473 g/mol. The van der Waals surface area contributed by atoms with Crippen LogP contribution in [0.15, 0.2) is 59.1 Å². The lowest BCUT2D eigenvalue weighted by Crippen LogP contribution is -2.46. The number of likely N-dealkylation sites (N-methyl/N-ethyl adjacent to an activating group) is 1. The molecule has 3 aromatic carbocycles. The van der Waals surface area contributed by atoms with Gasteiger partial charge < -0.3 is 15.1 Å². The summed E-state index contributed by atoms with van der Waals surface area (Å²) < 4.78 is 0.972. The van der Waals surface area contributed by atoms with Gasteiger partial charge in [-0.2, -0.15) is 0 Å². The molecule has 1 N–H and O–H groups in total. The van der Waals surface area contributed by atoms with Gasteiger partial charge in [-0.05, 0) is 47.6 Å². The minimum Gasteiger partial charge on any atom is -0.368 e. The normalized spacial score (nSPS) is 14.9. The minimum atomic E-state index is -0.144. The van der Waals surface area contributed by atoms with Gasteiger partial charge in [0, 0.05) is 41.9 Å². The lowest BCUT2D eigenvalue weighted by atomic mass is 10.0. The van der Waals surface area contributed by atoms with Gasteiger partial charge in [-0.25, -0.2) is 0 Å². The zero-order valence-electron chi connectivity index (χ0n) is 16.3. The summed E-state index contributed by atoms with van der Waals surface area (Å²) in [6.45, 7) is 7.28. The van der Waals surface area contributed by atoms with Gasteiger partial charge in [-0.3, -0.25) is 4.79 Å². The number of benzene rings is 3. The maximum atomic E-state index is 12.9. The van der Waals surface area contributed by atoms with Crippen LogP contribution in [0, 0.1) is 0 Å². The highest BCUT2D eigenvalue weighted by Gasteiger charge is 2.18. The molecule has 1 fully saturated rings. The molecule has 1 heterocycles. The molecule has 0 aromatic heterocycles. The van der Waals surface area contributed by atoms with Crippen molar-refractivity contribution in [3.63, 3.8) is 0 Å². The Morgan fingerprint density at radius 1 is 1.03 bits per heavy atom. The first-order chi connectivity index (χ1) is 14.1. The predicted octanol–water partition coefficient (Wildman–Crippen LogP) is 5.65. The topological polar surface area (TPSA) is 35.6 Å². The van der Waals surface area contributed by atoms with Crippen molar-refractivity contribution >= 4 is 55.6 Å². The lowest BCUT2D eigenvalue weighted by Gasteiger charge is -2.36. The van der Waals surface area contributed by atoms with Crippen LogP contribution in [-0.2, 0) is 0 Å². The number of amides is 1. The summed E-state index contributed by atoms with van der Waals surface area (Å²) in [6, 6.07) is 17.4. The summed E-state index contributed by atoms with van der Waals surface area (Å²) in [5.41, 5.74) is 2.36. The second kappa shape index (κ2) is 8.74. The number of halogens is 2. The van der Waals surface area contributed by atoms with E-state index in [9.17, 15) is 4.79 Å². The number of nitrogens with zero attached hydrogens (tertiary/aromatic N) is 2. The molecule has 1 aliphatic heterocycles. The highest BCUT2D eigenvalue weighted by atomic mass is 79.9. The average Bonchev–Trinajstić information content (AvgIpc) is 2.74. The summed E-state index contributed by atoms with van der Waals surface area (Å²) >= 11 is 10.1. The Kier molecular flexibility index (Phi) is 6.09. The van der Waals surface area contributed by atoms with Gasteiger partial charge in [0.25, 0.3) is 5.91 Å². The quantitative estimate of drug-likeness (QED) is 0.533. The zero-order valence-corrected chi connectivity index (χ0v) is 18.6. The standard InChI is InChI=1S/C23H23BrClN3O/c1-2-27-11-13-28(14-12-27)22-10-9-16(15-21(22)25)26-23(29)19-7-3-6-18-17(19)5-4-8-20(18)24/h3-10,15H,2,11-14H2,1H3,(H,26,29). The van der Waals surface area contributed by atoms with Crippen LogP contribution in [0.3, 0.4) is 0 Å². The molecule has 6 heteroatoms. The SMILES string of the molecule is CCN1CCN(c2ccc(NC(=O)c3cccc4c(Br)cccc34)cc2Cl)CC1. The number of anilines is 2. The molecule has 1 saturated heterocycles. The van der Waals surface area contributed by atoms with Crippen molar-refractivity contribution in [1.29, 1.82) is 0 Å². The summed E-state index contributed by atoms with van der Waals surface area (Å²) in [5.74, 6) is -0.144. The highest BCUT2D eigenvalue weighted by Crippen LogP contribution is 2.31. The maximum absolute atomic E-state index is 12.9. The molecule has 1 aliphatic rings. The number of hydrogen-bond acceptors (Lipinski definition) is 3. The van der Waals surface area contributed by atoms with Crippen LogP contribution in [0.2, 0.25) is 5.02 Å². The van der Waals surface area contributed by atoms with Gasteiger partial charge in [-0.1, -0.05) is 58.7 Å². The first kappa shape index (κ1) is 20.2. The van der Waals surface area contributed by atoms with Gasteiger partial charge in [0.1, 0.15) is 0 Å². The molecule has 3 aromatic rings. The van der Waals surface area contributed by atoms with Crippen LogP contribution in [-0.4, -0.2) is 43.5 Å². The van der Waals surface area contributed by atoms with Gasteiger partial charge in [-0.15, -0.1) is 0 Å². The van der Waals surface area contributed by atoms with E-state index in [0.717, 1.165) is 53.7 Å². The van der Waals surface area contributed by atoms with Crippen LogP contribution in [0.5, 0.6) is 0 Å². The summed E-state index contributed by atoms with van der Waals surface area (Å²) in [4.78, 5) is 17.7. The van der Waals surface area contributed by atoms with E-state index in [1.165, 1.54) is 0 Å². The highest BCUT2D eigenvalue weighted by molar-refractivity contribution is 9.10. The summed E-state index contributed by atoms with van der Waals surface area (Å²) in [5, 5.41) is 5.58. The minimum absolute atomic E-state index is 0.144. The number of carbonyl (C=O) groups is 1. The van der Waals surface area contributed by atoms with Crippen LogP contribution in [0.25, 0.3) is 10.8 Å². The third-order valence-corrected chi connectivity index (χ3v) is 6.47. The van der Waals surface area contributed by atoms with Crippen LogP contribution >= 0.6 is 27.5 Å². The van der Waals surface area contributed by atoms with Crippen molar-refractivity contribution in [2.24, 2.45) is 0 Å². The molecule has 0 bridgehead atoms. The number of nitrogens with one attached hydrogen (secondary N) is 1. The molecule has 29 heavy (non-hydrogen) atoms. The molecule has 4 rings (SSSR count). The van der Waals surface area contributed by atoms with Gasteiger partial charge >= 0.3 is 0 Å². The third kappa shape index (κ3) is 4.27. The Hall–Kier alpha value is -2.08. The van der Waals surface area contributed by atoms with Crippen molar-refractivity contribution in [1.82, 2.24) is 4.90 Å². The van der Waals surface area contributed by atoms with Gasteiger partial charge in [0.15, 0.2) is 0 Å². The molecule has 4 nitrogen and oxygen atoms in total. The molecule has 0 radical (unpaired) electrons. The van der Waals surface area contributed by atoms with Gasteiger partial charge in [0.05, 0.1) is 10.7 Å². The maximum Gasteiger partial charge on any atom is 0.256 e. The largest absolute Gasteiger partial charge is 0.368 e. The molecule has 1 amide bonds. The van der Waals surface area contributed by atoms with Crippen LogP contribution in [0.1, 0.15) is 17.3 Å². The van der Waals surface area contributed by atoms with Crippen LogP contribution < -0.4 is 10.2 Å². The van der Waals surface area contributed by atoms with E-state index in [4.69, 9.17) is 11.6 Å². The summed E-state index contributed by atoms with van der Waals surface area (Å²) in [7, 11) is 0. The van der Waals surface area contributed by atoms with Crippen molar-refractivity contribution in [3.8, 4) is 0 Å². The van der Waals surface area contributed by atoms with E-state index in [2.05, 4.69) is 38.0 Å². The Morgan fingerprint density at radius 2 is 1.76 bits per heavy atom. The first-order valence-electron chi connectivity index (χ1n) is 9.82. The van der Waals surface area contributed by atoms with E-state index >= 15 is 0 Å². The number of hydrogen-bond donors (Lipinski definition) is 1. The van der Waals surface area contributed by atoms with E-state index < -0.39 is 0 Å². The molecule has 0 aliphatic carbocycles. The fourth-order valence-electron chi connectivity index (χ4n) is 3.81. The second-order valence-electron chi connectivity index (χ2n) is 7.18. The van der Waals surface area contributed by atoms with Crippen molar-refractivity contribution < 1.29 is 4.79 Å². The smallest absolute Gasteiger partial charge is 0.256 e. The number of piperazine rings is 1. The fourth-order valence-corrected chi connectivity index (χ4v) is 4.61. The Bertz CT molecular complexity index is 1050. The number of fused-ring (bicyclic) bond motifs is 1. The Morgan fingerprint density at radius 3 is 2.48 bits per heavy atom. The van der Waals surface area contributed by atoms with Crippen molar-refractivity contribution in [2.75, 3.05) is 42.9 Å². The van der Waals surface area contributed by atoms with Crippen molar-refractivity contribution in [2.45, 2.75) is 6.92 Å². The third-order valence-electron chi connectivity index (χ3n) is 5.48. The monoisotopic (exact) mass is 471 g/mol. The zero-order chi connectivity index (χ0) is 20.4. The molecule has 0 saturated carbocycles. The van der Waals surface area contributed by atoms with Crippen LogP contribution in [0.4, 0.5) is 11.4 Å². The van der Waals surface area contributed by atoms with E-state index in [0.29, 0.717) is 16.3 Å². The molecular formula is C23H23BrClN3O. The van der Waals surface area contributed by atoms with E-state index in [-0.39, 0.29) is 5.91 Å². The number of carbonyl (C=O) groups excluding carboxylic acids is 1. The van der Waals surface area contributed by atoms with E-state index in [1.54, 1.807) is 0 Å².